The first-order valence-electron chi connectivity index (χ1n) is 18.2. The minimum Gasteiger partial charge on any atom is -0.504 e. The van der Waals surface area contributed by atoms with E-state index in [4.69, 9.17) is 4.74 Å². The highest BCUT2D eigenvalue weighted by molar-refractivity contribution is 6.29. The van der Waals surface area contributed by atoms with E-state index in [0.29, 0.717) is 32.1 Å². The lowest BCUT2D eigenvalue weighted by atomic mass is 9.83. The van der Waals surface area contributed by atoms with E-state index in [0.717, 1.165) is 57.8 Å². The van der Waals surface area contributed by atoms with Gasteiger partial charge in [-0.05, 0) is 51.8 Å². The fraction of sp³-hybridized carbons (Fsp3) is 0.513. The second kappa shape index (κ2) is 22.1. The summed E-state index contributed by atoms with van der Waals surface area (Å²) >= 11 is 0. The lowest BCUT2D eigenvalue weighted by Gasteiger charge is -2.20. The summed E-state index contributed by atoms with van der Waals surface area (Å²) in [6, 6.07) is 9.01. The van der Waals surface area contributed by atoms with Crippen molar-refractivity contribution < 1.29 is 43.4 Å². The summed E-state index contributed by atoms with van der Waals surface area (Å²) in [6.07, 6.45) is 10.4. The van der Waals surface area contributed by atoms with Gasteiger partial charge in [-0.2, -0.15) is 0 Å². The van der Waals surface area contributed by atoms with Crippen LogP contribution in [0.25, 0.3) is 0 Å². The Morgan fingerprint density at radius 2 is 1.13 bits per heavy atom. The van der Waals surface area contributed by atoms with E-state index in [-0.39, 0.29) is 77.8 Å². The Morgan fingerprint density at radius 3 is 1.69 bits per heavy atom. The van der Waals surface area contributed by atoms with Crippen molar-refractivity contribution in [3.8, 4) is 11.5 Å². The largest absolute Gasteiger partial charge is 0.504 e. The molecule has 1 aliphatic rings. The van der Waals surface area contributed by atoms with Crippen molar-refractivity contribution in [3.63, 3.8) is 0 Å². The fourth-order valence-electron chi connectivity index (χ4n) is 5.79. The summed E-state index contributed by atoms with van der Waals surface area (Å²) in [5.41, 5.74) is 0.297. The summed E-state index contributed by atoms with van der Waals surface area (Å²) in [4.78, 5) is 87.2. The molecule has 13 heteroatoms. The maximum atomic E-state index is 13.0. The van der Waals surface area contributed by atoms with Gasteiger partial charge in [-0.3, -0.25) is 33.7 Å². The van der Waals surface area contributed by atoms with Crippen LogP contribution in [0.4, 0.5) is 0 Å². The number of ether oxygens (including phenoxy) is 1. The zero-order valence-electron chi connectivity index (χ0n) is 30.4. The average molecular weight is 721 g/mol. The van der Waals surface area contributed by atoms with Crippen LogP contribution in [0.1, 0.15) is 135 Å². The number of nitrogens with zero attached hydrogens (tertiary/aromatic N) is 1. The number of esters is 1. The van der Waals surface area contributed by atoms with Crippen LogP contribution in [0.3, 0.4) is 0 Å². The summed E-state index contributed by atoms with van der Waals surface area (Å²) in [7, 11) is 1.74. The molecule has 282 valence electrons. The number of ketones is 3. The van der Waals surface area contributed by atoms with Crippen molar-refractivity contribution in [1.82, 2.24) is 20.9 Å². The van der Waals surface area contributed by atoms with Gasteiger partial charge in [0.25, 0.3) is 0 Å². The summed E-state index contributed by atoms with van der Waals surface area (Å²) in [6.45, 7) is 2.21. The molecule has 1 aliphatic carbocycles. The second-order valence-corrected chi connectivity index (χ2v) is 13.2. The Bertz CT molecular complexity index is 1590. The van der Waals surface area contributed by atoms with E-state index in [2.05, 4.69) is 16.0 Å². The fourth-order valence-corrected chi connectivity index (χ4v) is 5.79. The number of unbranched alkanes of at least 4 members (excludes halogenated alkanes) is 8. The lowest BCUT2D eigenvalue weighted by Crippen LogP contribution is -2.37. The van der Waals surface area contributed by atoms with Crippen molar-refractivity contribution >= 4 is 41.0 Å². The van der Waals surface area contributed by atoms with Crippen LogP contribution >= 0.6 is 0 Å². The highest BCUT2D eigenvalue weighted by atomic mass is 16.5. The van der Waals surface area contributed by atoms with Gasteiger partial charge < -0.3 is 30.6 Å². The summed E-state index contributed by atoms with van der Waals surface area (Å²) < 4.78 is 5.31. The first kappa shape index (κ1) is 41.5. The number of phenols is 1. The van der Waals surface area contributed by atoms with E-state index in [1.807, 2.05) is 0 Å². The zero-order chi connectivity index (χ0) is 37.9. The maximum absolute atomic E-state index is 13.0. The average Bonchev–Trinajstić information content (AvgIpc) is 3.12. The second-order valence-electron chi connectivity index (χ2n) is 13.2. The van der Waals surface area contributed by atoms with Gasteiger partial charge in [-0.15, -0.1) is 0 Å². The Balaban J connectivity index is 1.18. The lowest BCUT2D eigenvalue weighted by molar-refractivity contribution is -0.135. The van der Waals surface area contributed by atoms with Crippen molar-refractivity contribution in [2.24, 2.45) is 0 Å². The molecule has 0 spiro atoms. The highest BCUT2D eigenvalue weighted by Gasteiger charge is 2.33. The third-order valence-electron chi connectivity index (χ3n) is 8.81. The molecule has 0 fully saturated rings. The Morgan fingerprint density at radius 1 is 0.635 bits per heavy atom. The topological polar surface area (TPSA) is 188 Å². The first-order valence-corrected chi connectivity index (χ1v) is 18.2. The third kappa shape index (κ3) is 14.0. The van der Waals surface area contributed by atoms with Gasteiger partial charge in [-0.1, -0.05) is 62.8 Å². The molecule has 0 bridgehead atoms. The Kier molecular flexibility index (Phi) is 17.7. The SMILES string of the molecule is CC(=O)CCCCCCCC(=O)NCNC(=O)CCCCCCCC(=O)NCN(C)CCC(=O)Oc1ccc2c(c1O)C(=O)c1ccccc1C2=O. The standard InChI is InChI=1S/C39H52N4O9/c1-27(44)15-9-5-3-6-10-18-32(45)40-25-41-33(46)19-11-7-4-8-12-20-34(47)42-26-43(2)24-23-35(48)52-31-22-21-30-36(39(31)51)38(50)29-17-14-13-16-28(29)37(30)49/h13-14,16-17,21-22,51H,3-12,15,18-20,23-26H2,1-2H3,(H,40,45)(H,41,46)(H,42,47). The van der Waals surface area contributed by atoms with Crippen LogP contribution < -0.4 is 20.7 Å². The Labute approximate surface area is 305 Å². The van der Waals surface area contributed by atoms with Crippen LogP contribution in [0, 0.1) is 0 Å². The van der Waals surface area contributed by atoms with Gasteiger partial charge in [0.05, 0.1) is 25.3 Å². The van der Waals surface area contributed by atoms with E-state index < -0.39 is 23.3 Å². The van der Waals surface area contributed by atoms with E-state index in [9.17, 15) is 38.7 Å². The molecule has 0 heterocycles. The number of carbonyl (C=O) groups excluding carboxylic acids is 7. The molecule has 4 N–H and O–H groups in total. The van der Waals surface area contributed by atoms with Crippen LogP contribution in [-0.2, 0) is 24.0 Å². The number of nitrogens with one attached hydrogen (secondary N) is 3. The van der Waals surface area contributed by atoms with Crippen LogP contribution in [-0.4, -0.2) is 78.0 Å². The molecular formula is C39H52N4O9. The number of phenolic OH excluding ortho intramolecular Hbond substituents is 1. The minimum atomic E-state index is -0.649. The van der Waals surface area contributed by atoms with Crippen LogP contribution in [0.15, 0.2) is 36.4 Å². The molecule has 52 heavy (non-hydrogen) atoms. The molecule has 0 radical (unpaired) electrons. The van der Waals surface area contributed by atoms with Gasteiger partial charge in [0, 0.05) is 48.9 Å². The number of amides is 3. The molecule has 13 nitrogen and oxygen atoms in total. The quantitative estimate of drug-likeness (QED) is 0.0437. The molecule has 3 rings (SSSR count). The number of carbonyl (C=O) groups is 7. The van der Waals surface area contributed by atoms with Gasteiger partial charge in [0.2, 0.25) is 17.7 Å². The number of hydrogen-bond donors (Lipinski definition) is 4. The molecule has 0 saturated heterocycles. The molecule has 3 amide bonds. The molecular weight excluding hydrogens is 668 g/mol. The molecule has 0 atom stereocenters. The van der Waals surface area contributed by atoms with Gasteiger partial charge in [0.15, 0.2) is 23.1 Å². The molecule has 2 aromatic rings. The van der Waals surface area contributed by atoms with Crippen molar-refractivity contribution in [2.75, 3.05) is 26.9 Å². The molecule has 0 aromatic heterocycles. The number of Topliss-reactive ketones (excluding diaryl/α,β-unsaturated/α-hetero) is 1. The first-order chi connectivity index (χ1) is 25.0. The Hall–Kier alpha value is -4.91. The molecule has 0 aliphatic heterocycles. The monoisotopic (exact) mass is 720 g/mol. The molecule has 2 aromatic carbocycles. The smallest absolute Gasteiger partial charge is 0.312 e. The normalized spacial score (nSPS) is 11.8. The maximum Gasteiger partial charge on any atom is 0.312 e. The number of rotatable bonds is 24. The van der Waals surface area contributed by atoms with Gasteiger partial charge in [0.1, 0.15) is 5.78 Å². The van der Waals surface area contributed by atoms with E-state index in [1.165, 1.54) is 18.2 Å². The predicted molar refractivity (Wildman–Crippen MR) is 194 cm³/mol. The van der Waals surface area contributed by atoms with Crippen LogP contribution in [0.2, 0.25) is 0 Å². The van der Waals surface area contributed by atoms with Gasteiger partial charge >= 0.3 is 5.97 Å². The van der Waals surface area contributed by atoms with Crippen molar-refractivity contribution in [1.29, 1.82) is 0 Å². The molecule has 0 saturated carbocycles. The summed E-state index contributed by atoms with van der Waals surface area (Å²) in [5.74, 6) is -2.42. The van der Waals surface area contributed by atoms with Crippen molar-refractivity contribution in [3.05, 3.63) is 58.7 Å². The zero-order valence-corrected chi connectivity index (χ0v) is 30.4. The van der Waals surface area contributed by atoms with Crippen LogP contribution in [0.5, 0.6) is 11.5 Å². The highest BCUT2D eigenvalue weighted by Crippen LogP contribution is 2.38. The predicted octanol–water partition coefficient (Wildman–Crippen LogP) is 4.71. The third-order valence-corrected chi connectivity index (χ3v) is 8.81. The number of fused-ring (bicyclic) bond motifs is 2. The minimum absolute atomic E-state index is 0.0449. The van der Waals surface area contributed by atoms with E-state index >= 15 is 0 Å². The van der Waals surface area contributed by atoms with E-state index in [1.54, 1.807) is 37.1 Å². The summed E-state index contributed by atoms with van der Waals surface area (Å²) in [5, 5.41) is 19.0. The van der Waals surface area contributed by atoms with Gasteiger partial charge in [-0.25, -0.2) is 0 Å². The van der Waals surface area contributed by atoms with Crippen molar-refractivity contribution in [2.45, 2.75) is 103 Å². The number of benzene rings is 2. The number of hydrogen-bond acceptors (Lipinski definition) is 10. The molecule has 0 unspecified atom stereocenters. The number of aromatic hydroxyl groups is 1.